The Labute approximate surface area is 124 Å². The Morgan fingerprint density at radius 1 is 1.26 bits per heavy atom. The molecule has 1 aliphatic rings. The Balaban J connectivity index is 1.84. The van der Waals surface area contributed by atoms with Gasteiger partial charge in [0, 0.05) is 13.2 Å². The van der Waals surface area contributed by atoms with Gasteiger partial charge in [-0.1, -0.05) is 25.7 Å². The van der Waals surface area contributed by atoms with Crippen molar-refractivity contribution in [2.45, 2.75) is 65.5 Å². The molecule has 19 heavy (non-hydrogen) atoms. The summed E-state index contributed by atoms with van der Waals surface area (Å²) in [6, 6.07) is 0. The number of ether oxygens (including phenoxy) is 1. The van der Waals surface area contributed by atoms with Crippen molar-refractivity contribution in [2.75, 3.05) is 6.61 Å². The molecule has 0 atom stereocenters. The number of nitrogens with zero attached hydrogens (tertiary/aromatic N) is 2. The molecule has 0 unspecified atom stereocenters. The standard InChI is InChI=1S/C15H25BrN2O/c1-3-18-14(15(16)12(2)17-18)11-19-10-13-8-6-4-5-7-9-13/h13H,3-11H2,1-2H3. The van der Waals surface area contributed by atoms with Gasteiger partial charge in [-0.3, -0.25) is 4.68 Å². The Morgan fingerprint density at radius 2 is 1.95 bits per heavy atom. The smallest absolute Gasteiger partial charge is 0.0896 e. The van der Waals surface area contributed by atoms with E-state index in [4.69, 9.17) is 4.74 Å². The van der Waals surface area contributed by atoms with Crippen molar-refractivity contribution in [3.8, 4) is 0 Å². The van der Waals surface area contributed by atoms with Crippen molar-refractivity contribution in [3.05, 3.63) is 15.9 Å². The van der Waals surface area contributed by atoms with E-state index in [1.54, 1.807) is 0 Å². The fourth-order valence-electron chi connectivity index (χ4n) is 2.86. The quantitative estimate of drug-likeness (QED) is 0.746. The van der Waals surface area contributed by atoms with Crippen molar-refractivity contribution in [2.24, 2.45) is 5.92 Å². The SMILES string of the molecule is CCn1nc(C)c(Br)c1COCC1CCCCCC1. The van der Waals surface area contributed by atoms with Crippen LogP contribution < -0.4 is 0 Å². The van der Waals surface area contributed by atoms with Crippen LogP contribution in [-0.4, -0.2) is 16.4 Å². The molecule has 3 nitrogen and oxygen atoms in total. The second kappa shape index (κ2) is 7.44. The van der Waals surface area contributed by atoms with E-state index < -0.39 is 0 Å². The van der Waals surface area contributed by atoms with Crippen LogP contribution in [0.4, 0.5) is 0 Å². The summed E-state index contributed by atoms with van der Waals surface area (Å²) in [4.78, 5) is 0. The molecule has 1 aliphatic carbocycles. The van der Waals surface area contributed by atoms with Crippen LogP contribution in [-0.2, 0) is 17.9 Å². The number of hydrogen-bond donors (Lipinski definition) is 0. The molecule has 0 aromatic carbocycles. The zero-order valence-corrected chi connectivity index (χ0v) is 13.7. The van der Waals surface area contributed by atoms with E-state index in [9.17, 15) is 0 Å². The zero-order chi connectivity index (χ0) is 13.7. The third-order valence-electron chi connectivity index (χ3n) is 4.02. The molecule has 0 amide bonds. The number of aryl methyl sites for hydroxylation is 2. The van der Waals surface area contributed by atoms with Gasteiger partial charge in [0.25, 0.3) is 0 Å². The van der Waals surface area contributed by atoms with Gasteiger partial charge in [0.2, 0.25) is 0 Å². The molecule has 108 valence electrons. The highest BCUT2D eigenvalue weighted by Crippen LogP contribution is 2.25. The van der Waals surface area contributed by atoms with Gasteiger partial charge in [0.1, 0.15) is 0 Å². The van der Waals surface area contributed by atoms with Gasteiger partial charge in [0.15, 0.2) is 0 Å². The number of hydrogen-bond acceptors (Lipinski definition) is 2. The van der Waals surface area contributed by atoms with Gasteiger partial charge in [-0.2, -0.15) is 5.10 Å². The summed E-state index contributed by atoms with van der Waals surface area (Å²) in [5.41, 5.74) is 2.23. The second-order valence-corrected chi connectivity index (χ2v) is 6.33. The summed E-state index contributed by atoms with van der Waals surface area (Å²) in [6.45, 7) is 6.62. The van der Waals surface area contributed by atoms with Gasteiger partial charge in [-0.05, 0) is 48.5 Å². The van der Waals surface area contributed by atoms with E-state index >= 15 is 0 Å². The first-order valence-corrected chi connectivity index (χ1v) is 8.31. The molecule has 1 aromatic rings. The molecule has 0 radical (unpaired) electrons. The van der Waals surface area contributed by atoms with E-state index in [-0.39, 0.29) is 0 Å². The molecule has 4 heteroatoms. The highest BCUT2D eigenvalue weighted by atomic mass is 79.9. The predicted molar refractivity (Wildman–Crippen MR) is 81.2 cm³/mol. The normalized spacial score (nSPS) is 17.6. The molecule has 1 heterocycles. The van der Waals surface area contributed by atoms with Crippen molar-refractivity contribution in [1.82, 2.24) is 9.78 Å². The van der Waals surface area contributed by atoms with Crippen molar-refractivity contribution in [1.29, 1.82) is 0 Å². The van der Waals surface area contributed by atoms with Crippen LogP contribution in [0.2, 0.25) is 0 Å². The lowest BCUT2D eigenvalue weighted by atomic mass is 10.0. The highest BCUT2D eigenvalue weighted by molar-refractivity contribution is 9.10. The van der Waals surface area contributed by atoms with Crippen LogP contribution in [0.15, 0.2) is 4.47 Å². The van der Waals surface area contributed by atoms with Crippen molar-refractivity contribution < 1.29 is 4.74 Å². The molecule has 1 fully saturated rings. The van der Waals surface area contributed by atoms with Crippen LogP contribution in [0.3, 0.4) is 0 Å². The molecular weight excluding hydrogens is 304 g/mol. The fraction of sp³-hybridized carbons (Fsp3) is 0.800. The van der Waals surface area contributed by atoms with Gasteiger partial charge in [-0.15, -0.1) is 0 Å². The Hall–Kier alpha value is -0.350. The topological polar surface area (TPSA) is 27.1 Å². The zero-order valence-electron chi connectivity index (χ0n) is 12.1. The minimum absolute atomic E-state index is 0.672. The lowest BCUT2D eigenvalue weighted by Gasteiger charge is -2.14. The third-order valence-corrected chi connectivity index (χ3v) is 5.05. The number of halogens is 1. The number of aromatic nitrogens is 2. The largest absolute Gasteiger partial charge is 0.375 e. The Bertz CT molecular complexity index is 395. The van der Waals surface area contributed by atoms with Crippen LogP contribution in [0, 0.1) is 12.8 Å². The molecule has 1 aromatic heterocycles. The van der Waals surface area contributed by atoms with Crippen LogP contribution in [0.5, 0.6) is 0 Å². The summed E-state index contributed by atoms with van der Waals surface area (Å²) in [5, 5.41) is 4.50. The Kier molecular flexibility index (Phi) is 5.89. The summed E-state index contributed by atoms with van der Waals surface area (Å²) >= 11 is 3.62. The van der Waals surface area contributed by atoms with Gasteiger partial charge in [0.05, 0.1) is 22.5 Å². The Morgan fingerprint density at radius 3 is 2.58 bits per heavy atom. The molecule has 0 aliphatic heterocycles. The molecule has 0 saturated heterocycles. The van der Waals surface area contributed by atoms with E-state index in [1.165, 1.54) is 44.2 Å². The molecule has 1 saturated carbocycles. The minimum Gasteiger partial charge on any atom is -0.375 e. The maximum Gasteiger partial charge on any atom is 0.0896 e. The summed E-state index contributed by atoms with van der Waals surface area (Å²) in [6.07, 6.45) is 8.25. The monoisotopic (exact) mass is 328 g/mol. The van der Waals surface area contributed by atoms with Crippen LogP contribution >= 0.6 is 15.9 Å². The average Bonchev–Trinajstić information content (AvgIpc) is 2.63. The van der Waals surface area contributed by atoms with E-state index in [2.05, 4.69) is 28.0 Å². The van der Waals surface area contributed by atoms with E-state index in [0.717, 1.165) is 29.2 Å². The molecule has 0 N–H and O–H groups in total. The summed E-state index contributed by atoms with van der Waals surface area (Å²) < 4.78 is 9.10. The lowest BCUT2D eigenvalue weighted by molar-refractivity contribution is 0.0771. The van der Waals surface area contributed by atoms with Crippen molar-refractivity contribution >= 4 is 15.9 Å². The minimum atomic E-state index is 0.672. The lowest BCUT2D eigenvalue weighted by Crippen LogP contribution is -2.11. The first kappa shape index (κ1) is 15.0. The van der Waals surface area contributed by atoms with Crippen LogP contribution in [0.25, 0.3) is 0 Å². The van der Waals surface area contributed by atoms with E-state index in [1.807, 2.05) is 11.6 Å². The first-order valence-electron chi connectivity index (χ1n) is 7.52. The molecule has 0 bridgehead atoms. The summed E-state index contributed by atoms with van der Waals surface area (Å²) in [5.74, 6) is 0.764. The number of rotatable bonds is 5. The molecule has 2 rings (SSSR count). The maximum atomic E-state index is 5.96. The second-order valence-electron chi connectivity index (χ2n) is 5.53. The average molecular weight is 329 g/mol. The van der Waals surface area contributed by atoms with Gasteiger partial charge < -0.3 is 4.74 Å². The van der Waals surface area contributed by atoms with Gasteiger partial charge in [-0.25, -0.2) is 0 Å². The summed E-state index contributed by atoms with van der Waals surface area (Å²) in [7, 11) is 0. The fourth-order valence-corrected chi connectivity index (χ4v) is 3.26. The molecule has 0 spiro atoms. The van der Waals surface area contributed by atoms with Crippen LogP contribution in [0.1, 0.15) is 56.8 Å². The van der Waals surface area contributed by atoms with E-state index in [0.29, 0.717) is 6.61 Å². The molecular formula is C15H25BrN2O. The highest BCUT2D eigenvalue weighted by Gasteiger charge is 2.15. The first-order chi connectivity index (χ1) is 9.22. The van der Waals surface area contributed by atoms with Crippen molar-refractivity contribution in [3.63, 3.8) is 0 Å². The third kappa shape index (κ3) is 4.06. The maximum absolute atomic E-state index is 5.96. The van der Waals surface area contributed by atoms with Gasteiger partial charge >= 0.3 is 0 Å². The predicted octanol–water partition coefficient (Wildman–Crippen LogP) is 4.46.